The van der Waals surface area contributed by atoms with Crippen molar-refractivity contribution in [2.45, 2.75) is 31.7 Å². The summed E-state index contributed by atoms with van der Waals surface area (Å²) in [5, 5.41) is 0. The van der Waals surface area contributed by atoms with Crippen LogP contribution in [0.5, 0.6) is 0 Å². The fraction of sp³-hybridized carbons (Fsp3) is 0.294. The lowest BCUT2D eigenvalue weighted by Crippen LogP contribution is -2.18. The number of nitrogens with two attached hydrogens (primary N) is 1. The summed E-state index contributed by atoms with van der Waals surface area (Å²) in [7, 11) is 0. The molecule has 1 nitrogen and oxygen atoms in total. The highest BCUT2D eigenvalue weighted by atomic mass is 14.7. The van der Waals surface area contributed by atoms with Gasteiger partial charge in [0.2, 0.25) is 0 Å². The lowest BCUT2D eigenvalue weighted by atomic mass is 9.88. The Kier molecular flexibility index (Phi) is 2.92. The van der Waals surface area contributed by atoms with Crippen LogP contribution >= 0.6 is 0 Å². The zero-order chi connectivity index (χ0) is 12.5. The Hall–Kier alpha value is -1.60. The van der Waals surface area contributed by atoms with E-state index in [0.29, 0.717) is 5.92 Å². The van der Waals surface area contributed by atoms with Crippen LogP contribution in [0.2, 0.25) is 0 Å². The molecule has 92 valence electrons. The standard InChI is InChI=1S/C17H19N/c1-12-5-4-7-14(11-12)17(18)16-10-9-13-6-2-3-8-15(13)16/h2-8,11,16-17H,9-10,18H2,1H3. The van der Waals surface area contributed by atoms with E-state index in [1.54, 1.807) is 0 Å². The first-order chi connectivity index (χ1) is 8.75. The van der Waals surface area contributed by atoms with E-state index in [4.69, 9.17) is 5.73 Å². The second-order valence-electron chi connectivity index (χ2n) is 5.28. The maximum Gasteiger partial charge on any atom is 0.0364 e. The number of rotatable bonds is 2. The highest BCUT2D eigenvalue weighted by Crippen LogP contribution is 2.40. The Morgan fingerprint density at radius 2 is 1.94 bits per heavy atom. The predicted octanol–water partition coefficient (Wildman–Crippen LogP) is 3.72. The highest BCUT2D eigenvalue weighted by molar-refractivity contribution is 5.38. The van der Waals surface area contributed by atoms with Crippen molar-refractivity contribution >= 4 is 0 Å². The van der Waals surface area contributed by atoms with Gasteiger partial charge in [-0.25, -0.2) is 0 Å². The summed E-state index contributed by atoms with van der Waals surface area (Å²) in [6.45, 7) is 2.12. The highest BCUT2D eigenvalue weighted by Gasteiger charge is 2.28. The lowest BCUT2D eigenvalue weighted by molar-refractivity contribution is 0.550. The van der Waals surface area contributed by atoms with Gasteiger partial charge in [0.25, 0.3) is 0 Å². The van der Waals surface area contributed by atoms with Crippen molar-refractivity contribution in [2.24, 2.45) is 5.73 Å². The number of aryl methyl sites for hydroxylation is 2. The third-order valence-electron chi connectivity index (χ3n) is 4.04. The normalized spacial score (nSPS) is 19.6. The molecule has 0 aromatic heterocycles. The van der Waals surface area contributed by atoms with E-state index in [1.807, 2.05) is 0 Å². The van der Waals surface area contributed by atoms with Crippen LogP contribution in [0.3, 0.4) is 0 Å². The number of fused-ring (bicyclic) bond motifs is 1. The molecule has 18 heavy (non-hydrogen) atoms. The van der Waals surface area contributed by atoms with Gasteiger partial charge in [-0.2, -0.15) is 0 Å². The van der Waals surface area contributed by atoms with Gasteiger partial charge in [-0.15, -0.1) is 0 Å². The second-order valence-corrected chi connectivity index (χ2v) is 5.28. The molecule has 0 spiro atoms. The van der Waals surface area contributed by atoms with Gasteiger partial charge in [-0.05, 0) is 36.5 Å². The second kappa shape index (κ2) is 4.58. The minimum absolute atomic E-state index is 0.119. The molecule has 3 rings (SSSR count). The predicted molar refractivity (Wildman–Crippen MR) is 75.6 cm³/mol. The molecule has 1 heteroatoms. The van der Waals surface area contributed by atoms with Crippen LogP contribution in [0.1, 0.15) is 40.6 Å². The van der Waals surface area contributed by atoms with Gasteiger partial charge in [0.1, 0.15) is 0 Å². The molecule has 0 radical (unpaired) electrons. The molecular weight excluding hydrogens is 218 g/mol. The molecule has 2 atom stereocenters. The van der Waals surface area contributed by atoms with Crippen molar-refractivity contribution < 1.29 is 0 Å². The molecule has 1 aliphatic carbocycles. The molecule has 0 amide bonds. The quantitative estimate of drug-likeness (QED) is 0.846. The van der Waals surface area contributed by atoms with Crippen LogP contribution in [0.15, 0.2) is 48.5 Å². The molecule has 0 saturated heterocycles. The van der Waals surface area contributed by atoms with Gasteiger partial charge >= 0.3 is 0 Å². The summed E-state index contributed by atoms with van der Waals surface area (Å²) in [6, 6.07) is 17.4. The monoisotopic (exact) mass is 237 g/mol. The Balaban J connectivity index is 1.93. The molecule has 0 saturated carbocycles. The maximum atomic E-state index is 6.48. The van der Waals surface area contributed by atoms with Gasteiger partial charge in [-0.1, -0.05) is 54.1 Å². The van der Waals surface area contributed by atoms with Crippen LogP contribution in [0.25, 0.3) is 0 Å². The largest absolute Gasteiger partial charge is 0.323 e. The molecule has 0 bridgehead atoms. The average Bonchev–Trinajstić information content (AvgIpc) is 2.82. The Morgan fingerprint density at radius 1 is 1.11 bits per heavy atom. The number of hydrogen-bond donors (Lipinski definition) is 1. The Bertz CT molecular complexity index is 559. The van der Waals surface area contributed by atoms with E-state index in [-0.39, 0.29) is 6.04 Å². The van der Waals surface area contributed by atoms with E-state index in [2.05, 4.69) is 55.5 Å². The fourth-order valence-electron chi connectivity index (χ4n) is 3.07. The molecular formula is C17H19N. The maximum absolute atomic E-state index is 6.48. The van der Waals surface area contributed by atoms with Gasteiger partial charge < -0.3 is 5.73 Å². The zero-order valence-electron chi connectivity index (χ0n) is 10.8. The van der Waals surface area contributed by atoms with Crippen molar-refractivity contribution in [1.29, 1.82) is 0 Å². The van der Waals surface area contributed by atoms with Crippen molar-refractivity contribution in [1.82, 2.24) is 0 Å². The van der Waals surface area contributed by atoms with Crippen molar-refractivity contribution in [3.05, 3.63) is 70.8 Å². The summed E-state index contributed by atoms with van der Waals surface area (Å²) in [5.41, 5.74) is 12.0. The number of hydrogen-bond acceptors (Lipinski definition) is 1. The molecule has 0 fully saturated rings. The SMILES string of the molecule is Cc1cccc(C(N)C2CCc3ccccc32)c1. The Labute approximate surface area is 109 Å². The zero-order valence-corrected chi connectivity index (χ0v) is 10.8. The van der Waals surface area contributed by atoms with Crippen molar-refractivity contribution in [2.75, 3.05) is 0 Å². The van der Waals surface area contributed by atoms with Crippen molar-refractivity contribution in [3.8, 4) is 0 Å². The third kappa shape index (κ3) is 1.95. The fourth-order valence-corrected chi connectivity index (χ4v) is 3.07. The van der Waals surface area contributed by atoms with E-state index in [9.17, 15) is 0 Å². The molecule has 0 heterocycles. The van der Waals surface area contributed by atoms with Crippen LogP contribution in [0.4, 0.5) is 0 Å². The van der Waals surface area contributed by atoms with Gasteiger partial charge in [-0.3, -0.25) is 0 Å². The minimum atomic E-state index is 0.119. The topological polar surface area (TPSA) is 26.0 Å². The van der Waals surface area contributed by atoms with Gasteiger partial charge in [0.05, 0.1) is 0 Å². The Morgan fingerprint density at radius 3 is 2.78 bits per heavy atom. The molecule has 0 aliphatic heterocycles. The van der Waals surface area contributed by atoms with Crippen molar-refractivity contribution in [3.63, 3.8) is 0 Å². The summed E-state index contributed by atoms with van der Waals surface area (Å²) in [5.74, 6) is 0.475. The lowest BCUT2D eigenvalue weighted by Gasteiger charge is -2.21. The smallest absolute Gasteiger partial charge is 0.0364 e. The van der Waals surface area contributed by atoms with Gasteiger partial charge in [0, 0.05) is 12.0 Å². The van der Waals surface area contributed by atoms with Crippen LogP contribution in [-0.2, 0) is 6.42 Å². The summed E-state index contributed by atoms with van der Waals surface area (Å²) >= 11 is 0. The van der Waals surface area contributed by atoms with Gasteiger partial charge in [0.15, 0.2) is 0 Å². The first-order valence-electron chi connectivity index (χ1n) is 6.65. The molecule has 2 unspecified atom stereocenters. The van der Waals surface area contributed by atoms with E-state index < -0.39 is 0 Å². The summed E-state index contributed by atoms with van der Waals surface area (Å²) < 4.78 is 0. The van der Waals surface area contributed by atoms with E-state index in [0.717, 1.165) is 0 Å². The molecule has 2 N–H and O–H groups in total. The summed E-state index contributed by atoms with van der Waals surface area (Å²) in [6.07, 6.45) is 2.34. The average molecular weight is 237 g/mol. The van der Waals surface area contributed by atoms with E-state index in [1.165, 1.54) is 35.1 Å². The van der Waals surface area contributed by atoms with Crippen LogP contribution in [0, 0.1) is 6.92 Å². The molecule has 2 aromatic rings. The molecule has 2 aromatic carbocycles. The van der Waals surface area contributed by atoms with E-state index >= 15 is 0 Å². The summed E-state index contributed by atoms with van der Waals surface area (Å²) in [4.78, 5) is 0. The van der Waals surface area contributed by atoms with Crippen LogP contribution < -0.4 is 5.73 Å². The van der Waals surface area contributed by atoms with Crippen LogP contribution in [-0.4, -0.2) is 0 Å². The minimum Gasteiger partial charge on any atom is -0.323 e. The first kappa shape index (κ1) is 11.5. The first-order valence-corrected chi connectivity index (χ1v) is 6.65. The third-order valence-corrected chi connectivity index (χ3v) is 4.04. The number of benzene rings is 2. The molecule has 1 aliphatic rings.